The predicted octanol–water partition coefficient (Wildman–Crippen LogP) is 16.4. The highest BCUT2D eigenvalue weighted by Gasteiger charge is 2.47. The van der Waals surface area contributed by atoms with E-state index in [1.165, 1.54) is 11.1 Å². The van der Waals surface area contributed by atoms with Gasteiger partial charge in [-0.2, -0.15) is 0 Å². The fourth-order valence-corrected chi connectivity index (χ4v) is 48.9. The molecule has 0 saturated heterocycles. The average Bonchev–Trinajstić information content (AvgIpc) is 3.57. The van der Waals surface area contributed by atoms with E-state index >= 15 is 0 Å². The molecule has 0 bridgehead atoms. The molecule has 4 rings (SSSR count). The van der Waals surface area contributed by atoms with Crippen LogP contribution in [-0.4, -0.2) is 119 Å². The molecule has 0 unspecified atom stereocenters. The minimum absolute atomic E-state index is 0.0652. The summed E-state index contributed by atoms with van der Waals surface area (Å²) in [5.41, 5.74) is 4.41. The molecule has 0 heterocycles. The molecule has 0 aliphatic carbocycles. The summed E-state index contributed by atoms with van der Waals surface area (Å²) < 4.78 is 52.4. The van der Waals surface area contributed by atoms with Crippen LogP contribution in [-0.2, 0) is 43.8 Å². The zero-order valence-corrected chi connectivity index (χ0v) is 62.1. The molecule has 0 atom stereocenters. The first kappa shape index (κ1) is 74.4. The molecule has 0 aliphatic heterocycles. The van der Waals surface area contributed by atoms with E-state index in [-0.39, 0.29) is 11.8 Å². The molecule has 0 saturated carbocycles. The Hall–Kier alpha value is -3.80. The van der Waals surface area contributed by atoms with Crippen molar-refractivity contribution in [1.82, 2.24) is 10.6 Å². The Morgan fingerprint density at radius 1 is 0.345 bits per heavy atom. The highest BCUT2D eigenvalue weighted by molar-refractivity contribution is 6.91. The summed E-state index contributed by atoms with van der Waals surface area (Å²) in [7, 11) is -17.6. The van der Waals surface area contributed by atoms with Crippen LogP contribution >= 0.6 is 0 Å². The SMILES string of the molecule is C[Si](C)(CCCNC(=O)/C=C/c1ccccc1)O[Si](C)(C)CCCNC(=O)/C=C/c1ccccc1.C[Si](C)(CCCOC/C=C/c1ccccc1)O[Si](C)(C)O[Si](C)(C)O[Si](C)(C)O[Si](C)(C)O[Si](C)(C)CCCOC/C=C/c1ccccc1. The van der Waals surface area contributed by atoms with Gasteiger partial charge in [0.05, 0.1) is 13.2 Å². The molecule has 84 heavy (non-hydrogen) atoms. The van der Waals surface area contributed by atoms with Crippen LogP contribution in [0, 0.1) is 0 Å². The van der Waals surface area contributed by atoms with Gasteiger partial charge in [0.25, 0.3) is 0 Å². The summed E-state index contributed by atoms with van der Waals surface area (Å²) in [6.45, 7) is 39.3. The van der Waals surface area contributed by atoms with Gasteiger partial charge < -0.3 is 44.8 Å². The molecule has 0 aliphatic rings. The molecule has 0 radical (unpaired) electrons. The van der Waals surface area contributed by atoms with E-state index in [4.69, 9.17) is 34.2 Å². The third-order valence-electron chi connectivity index (χ3n) is 12.8. The number of ether oxygens (including phenoxy) is 2. The molecule has 464 valence electrons. The van der Waals surface area contributed by atoms with E-state index in [1.54, 1.807) is 12.2 Å². The fourth-order valence-electron chi connectivity index (χ4n) is 10.2. The van der Waals surface area contributed by atoms with Gasteiger partial charge in [-0.3, -0.25) is 9.59 Å². The lowest BCUT2D eigenvalue weighted by molar-refractivity contribution is -0.117. The van der Waals surface area contributed by atoms with Crippen molar-refractivity contribution in [3.8, 4) is 0 Å². The number of carbonyl (C=O) groups is 2. The fraction of sp³-hybridized carbons (Fsp3) is 0.469. The normalized spacial score (nSPS) is 13.2. The van der Waals surface area contributed by atoms with Gasteiger partial charge >= 0.3 is 34.2 Å². The van der Waals surface area contributed by atoms with Crippen molar-refractivity contribution in [2.75, 3.05) is 39.5 Å². The van der Waals surface area contributed by atoms with Gasteiger partial charge in [-0.25, -0.2) is 0 Å². The van der Waals surface area contributed by atoms with Crippen molar-refractivity contribution in [2.24, 2.45) is 0 Å². The van der Waals surface area contributed by atoms with Crippen LogP contribution in [0.25, 0.3) is 24.3 Å². The van der Waals surface area contributed by atoms with Crippen LogP contribution in [0.15, 0.2) is 146 Å². The molecule has 4 aromatic rings. The maximum atomic E-state index is 12.0. The van der Waals surface area contributed by atoms with Gasteiger partial charge in [0.15, 0.2) is 33.3 Å². The highest BCUT2D eigenvalue weighted by atomic mass is 28.5. The highest BCUT2D eigenvalue weighted by Crippen LogP contribution is 2.30. The number of benzene rings is 4. The third kappa shape index (κ3) is 37.0. The van der Waals surface area contributed by atoms with Crippen molar-refractivity contribution in [3.05, 3.63) is 168 Å². The monoisotopic (exact) mass is 1290 g/mol. The molecule has 0 fully saturated rings. The number of rotatable bonds is 38. The minimum Gasteiger partial charge on any atom is -0.455 e. The van der Waals surface area contributed by atoms with Crippen LogP contribution in [0.4, 0.5) is 0 Å². The van der Waals surface area contributed by atoms with Gasteiger partial charge in [0.1, 0.15) is 0 Å². The number of hydrogen-bond acceptors (Lipinski definition) is 10. The Morgan fingerprint density at radius 2 is 0.607 bits per heavy atom. The molecule has 2 N–H and O–H groups in total. The first-order chi connectivity index (χ1) is 39.3. The van der Waals surface area contributed by atoms with E-state index in [9.17, 15) is 9.59 Å². The second kappa shape index (κ2) is 37.1. The number of nitrogens with one attached hydrogen (secondary N) is 2. The van der Waals surface area contributed by atoms with E-state index in [0.717, 1.165) is 74.2 Å². The van der Waals surface area contributed by atoms with Crippen molar-refractivity contribution in [2.45, 2.75) is 155 Å². The van der Waals surface area contributed by atoms with Crippen molar-refractivity contribution in [3.63, 3.8) is 0 Å². The summed E-state index contributed by atoms with van der Waals surface area (Å²) in [6, 6.07) is 44.3. The number of amides is 2. The van der Waals surface area contributed by atoms with E-state index in [2.05, 4.69) is 164 Å². The lowest BCUT2D eigenvalue weighted by atomic mass is 10.2. The maximum Gasteiger partial charge on any atom is 0.314 e. The topological polar surface area (TPSA) is 132 Å². The van der Waals surface area contributed by atoms with Crippen LogP contribution < -0.4 is 10.6 Å². The Balaban J connectivity index is 0.000000465. The van der Waals surface area contributed by atoms with Crippen LogP contribution in [0.1, 0.15) is 47.9 Å². The number of carbonyl (C=O) groups excluding carboxylic acids is 2. The van der Waals surface area contributed by atoms with Crippen molar-refractivity contribution < 1.29 is 43.8 Å². The number of hydrogen-bond donors (Lipinski definition) is 2. The Bertz CT molecular complexity index is 2430. The van der Waals surface area contributed by atoms with Gasteiger partial charge in [-0.05, 0) is 189 Å². The second-order valence-electron chi connectivity index (χ2n) is 25.5. The smallest absolute Gasteiger partial charge is 0.314 e. The average molecular weight is 1290 g/mol. The summed E-state index contributed by atoms with van der Waals surface area (Å²) in [5.74, 6) is -0.130. The van der Waals surface area contributed by atoms with Gasteiger partial charge in [-0.1, -0.05) is 146 Å². The third-order valence-corrected chi connectivity index (χ3v) is 43.6. The lowest BCUT2D eigenvalue weighted by Crippen LogP contribution is -2.60. The standard InChI is InChI=1S/C36H66O7Si6.C28H40N2O3Si2/c1-44(2,33-21-31-37-29-19-27-35-23-15-13-16-24-35)39-46(5,6)41-48(9,10)43-49(11,12)42-47(7,8)40-45(3,4)34-22-32-38-30-20-28-36-25-17-14-18-26-36;1-34(2,23-11-21-29-27(31)19-17-25-13-7-5-8-14-25)33-35(3,4)24-12-22-30-28(32)20-18-26-15-9-6-10-16-26/h13-20,23-28H,21-22,29-34H2,1-12H3;5-10,13-20H,11-12,21-24H2,1-4H3,(H,29,31)(H,30,32)/b27-19+,28-20+;19-17+,20-18+. The summed E-state index contributed by atoms with van der Waals surface area (Å²) in [5, 5.41) is 5.94. The largest absolute Gasteiger partial charge is 0.455 e. The zero-order valence-electron chi connectivity index (χ0n) is 54.1. The Labute approximate surface area is 516 Å². The van der Waals surface area contributed by atoms with Crippen molar-refractivity contribution >= 4 is 104 Å². The van der Waals surface area contributed by atoms with E-state index < -0.39 is 67.5 Å². The molecule has 0 spiro atoms. The summed E-state index contributed by atoms with van der Waals surface area (Å²) >= 11 is 0. The van der Waals surface area contributed by atoms with Gasteiger partial charge in [0.2, 0.25) is 11.8 Å². The van der Waals surface area contributed by atoms with E-state index in [1.807, 2.05) is 109 Å². The van der Waals surface area contributed by atoms with Crippen molar-refractivity contribution in [1.29, 1.82) is 0 Å². The molecule has 4 aromatic carbocycles. The Kier molecular flexibility index (Phi) is 32.9. The maximum absolute atomic E-state index is 12.0. The summed E-state index contributed by atoms with van der Waals surface area (Å²) in [4.78, 5) is 24.1. The van der Waals surface area contributed by atoms with Crippen LogP contribution in [0.2, 0.25) is 129 Å². The molecule has 0 aromatic heterocycles. The van der Waals surface area contributed by atoms with Crippen LogP contribution in [0.3, 0.4) is 0 Å². The lowest BCUT2D eigenvalue weighted by Gasteiger charge is -2.43. The molecule has 2 amide bonds. The van der Waals surface area contributed by atoms with Crippen LogP contribution in [0.5, 0.6) is 0 Å². The molecular formula is C64H106N2O10Si8. The van der Waals surface area contributed by atoms with E-state index in [0.29, 0.717) is 26.3 Å². The first-order valence-corrected chi connectivity index (χ1v) is 53.9. The summed E-state index contributed by atoms with van der Waals surface area (Å²) in [6.07, 6.45) is 18.9. The minimum atomic E-state index is -2.55. The quantitative estimate of drug-likeness (QED) is 0.0254. The first-order valence-electron chi connectivity index (χ1n) is 30.2. The molecule has 20 heteroatoms. The molecular weight excluding hydrogens is 1180 g/mol. The predicted molar refractivity (Wildman–Crippen MR) is 374 cm³/mol. The second-order valence-corrected chi connectivity index (χ2v) is 57.7. The van der Waals surface area contributed by atoms with Gasteiger partial charge in [0, 0.05) is 38.5 Å². The zero-order chi connectivity index (χ0) is 62.2. The van der Waals surface area contributed by atoms with Gasteiger partial charge in [-0.15, -0.1) is 0 Å². The molecule has 12 nitrogen and oxygen atoms in total. The Morgan fingerprint density at radius 3 is 0.917 bits per heavy atom.